The third-order valence-electron chi connectivity index (χ3n) is 2.24. The molecule has 1 amide bonds. The van der Waals surface area contributed by atoms with Gasteiger partial charge in [0.25, 0.3) is 5.91 Å². The Bertz CT molecular complexity index is 355. The zero-order valence-electron chi connectivity index (χ0n) is 10.3. The summed E-state index contributed by atoms with van der Waals surface area (Å²) in [6.07, 6.45) is 2.46. The van der Waals surface area contributed by atoms with Gasteiger partial charge in [-0.05, 0) is 25.5 Å². The van der Waals surface area contributed by atoms with Crippen molar-refractivity contribution in [2.45, 2.75) is 13.3 Å². The number of hydrogen-bond donors (Lipinski definition) is 2. The van der Waals surface area contributed by atoms with E-state index < -0.39 is 0 Å². The van der Waals surface area contributed by atoms with E-state index in [9.17, 15) is 4.79 Å². The summed E-state index contributed by atoms with van der Waals surface area (Å²) in [5.41, 5.74) is 0.561. The number of hydrogen-bond acceptors (Lipinski definition) is 4. The van der Waals surface area contributed by atoms with Crippen LogP contribution in [0.1, 0.15) is 23.7 Å². The van der Waals surface area contributed by atoms with Crippen LogP contribution in [0.15, 0.2) is 18.3 Å². The van der Waals surface area contributed by atoms with Gasteiger partial charge in [0.15, 0.2) is 0 Å². The fourth-order valence-electron chi connectivity index (χ4n) is 1.40. The van der Waals surface area contributed by atoms with Crippen molar-refractivity contribution in [1.29, 1.82) is 0 Å². The minimum atomic E-state index is -0.112. The second-order valence-electron chi connectivity index (χ2n) is 3.46. The van der Waals surface area contributed by atoms with Crippen LogP contribution in [0, 0.1) is 0 Å². The predicted molar refractivity (Wildman–Crippen MR) is 67.2 cm³/mol. The first-order valence-electron chi connectivity index (χ1n) is 5.78. The van der Waals surface area contributed by atoms with Gasteiger partial charge in [0.2, 0.25) is 0 Å². The maximum Gasteiger partial charge on any atom is 0.255 e. The number of ether oxygens (including phenoxy) is 1. The lowest BCUT2D eigenvalue weighted by molar-refractivity contribution is 0.0945. The first-order chi connectivity index (χ1) is 8.29. The molecule has 2 N–H and O–H groups in total. The molecule has 0 radical (unpaired) electrons. The fourth-order valence-corrected chi connectivity index (χ4v) is 1.40. The standard InChI is InChI=1S/C12H19N3O2/c1-3-17-9-5-8-15-12(16)10-6-4-7-14-11(10)13-2/h4,6-7H,3,5,8-9H2,1-2H3,(H,13,14)(H,15,16). The van der Waals surface area contributed by atoms with Crippen LogP contribution in [-0.4, -0.2) is 37.7 Å². The Labute approximate surface area is 102 Å². The van der Waals surface area contributed by atoms with Gasteiger partial charge in [0.1, 0.15) is 5.82 Å². The molecule has 0 saturated carbocycles. The Balaban J connectivity index is 2.41. The normalized spacial score (nSPS) is 10.0. The first-order valence-corrected chi connectivity index (χ1v) is 5.78. The monoisotopic (exact) mass is 237 g/mol. The van der Waals surface area contributed by atoms with Crippen LogP contribution in [-0.2, 0) is 4.74 Å². The molecule has 0 fully saturated rings. The lowest BCUT2D eigenvalue weighted by atomic mass is 10.2. The van der Waals surface area contributed by atoms with Crippen LogP contribution >= 0.6 is 0 Å². The van der Waals surface area contributed by atoms with Gasteiger partial charge in [0, 0.05) is 33.0 Å². The molecule has 1 aromatic heterocycles. The fraction of sp³-hybridized carbons (Fsp3) is 0.500. The van der Waals surface area contributed by atoms with Crippen LogP contribution in [0.4, 0.5) is 5.82 Å². The van der Waals surface area contributed by atoms with Crippen molar-refractivity contribution in [3.05, 3.63) is 23.9 Å². The zero-order valence-corrected chi connectivity index (χ0v) is 10.3. The summed E-state index contributed by atoms with van der Waals surface area (Å²) < 4.78 is 5.19. The molecule has 0 aliphatic heterocycles. The lowest BCUT2D eigenvalue weighted by Crippen LogP contribution is -2.26. The highest BCUT2D eigenvalue weighted by atomic mass is 16.5. The molecule has 0 aliphatic carbocycles. The lowest BCUT2D eigenvalue weighted by Gasteiger charge is -2.08. The number of aromatic nitrogens is 1. The van der Waals surface area contributed by atoms with Gasteiger partial charge in [-0.15, -0.1) is 0 Å². The summed E-state index contributed by atoms with van der Waals surface area (Å²) >= 11 is 0. The Kier molecular flexibility index (Phi) is 6.03. The van der Waals surface area contributed by atoms with Gasteiger partial charge >= 0.3 is 0 Å². The molecule has 94 valence electrons. The van der Waals surface area contributed by atoms with Crippen molar-refractivity contribution in [2.75, 3.05) is 32.1 Å². The van der Waals surface area contributed by atoms with Gasteiger partial charge in [-0.1, -0.05) is 0 Å². The van der Waals surface area contributed by atoms with E-state index in [4.69, 9.17) is 4.74 Å². The van der Waals surface area contributed by atoms with Crippen LogP contribution < -0.4 is 10.6 Å². The average molecular weight is 237 g/mol. The van der Waals surface area contributed by atoms with Crippen LogP contribution in [0.5, 0.6) is 0 Å². The largest absolute Gasteiger partial charge is 0.382 e. The maximum atomic E-state index is 11.8. The first kappa shape index (κ1) is 13.4. The molecule has 17 heavy (non-hydrogen) atoms. The quantitative estimate of drug-likeness (QED) is 0.701. The third-order valence-corrected chi connectivity index (χ3v) is 2.24. The smallest absolute Gasteiger partial charge is 0.255 e. The number of anilines is 1. The van der Waals surface area contributed by atoms with Crippen molar-refractivity contribution in [3.63, 3.8) is 0 Å². The number of amides is 1. The molecule has 1 aromatic rings. The topological polar surface area (TPSA) is 63.2 Å². The molecule has 0 spiro atoms. The highest BCUT2D eigenvalue weighted by Gasteiger charge is 2.09. The summed E-state index contributed by atoms with van der Waals surface area (Å²) in [6.45, 7) is 3.94. The average Bonchev–Trinajstić information content (AvgIpc) is 2.38. The molecular weight excluding hydrogens is 218 g/mol. The van der Waals surface area contributed by atoms with Crippen molar-refractivity contribution in [2.24, 2.45) is 0 Å². The molecular formula is C12H19N3O2. The van der Waals surface area contributed by atoms with E-state index in [2.05, 4.69) is 15.6 Å². The number of nitrogens with one attached hydrogen (secondary N) is 2. The van der Waals surface area contributed by atoms with Crippen molar-refractivity contribution < 1.29 is 9.53 Å². The summed E-state index contributed by atoms with van der Waals surface area (Å²) in [5, 5.41) is 5.72. The van der Waals surface area contributed by atoms with E-state index in [-0.39, 0.29) is 5.91 Å². The van der Waals surface area contributed by atoms with Gasteiger partial charge in [0.05, 0.1) is 5.56 Å². The van der Waals surface area contributed by atoms with E-state index in [1.807, 2.05) is 6.92 Å². The summed E-state index contributed by atoms with van der Waals surface area (Å²) in [7, 11) is 1.74. The summed E-state index contributed by atoms with van der Waals surface area (Å²) in [4.78, 5) is 15.9. The van der Waals surface area contributed by atoms with Crippen molar-refractivity contribution in [3.8, 4) is 0 Å². The van der Waals surface area contributed by atoms with Crippen molar-refractivity contribution >= 4 is 11.7 Å². The van der Waals surface area contributed by atoms with Crippen molar-refractivity contribution in [1.82, 2.24) is 10.3 Å². The molecule has 1 heterocycles. The highest BCUT2D eigenvalue weighted by Crippen LogP contribution is 2.09. The van der Waals surface area contributed by atoms with E-state index in [0.29, 0.717) is 31.1 Å². The Hall–Kier alpha value is -1.62. The van der Waals surface area contributed by atoms with Gasteiger partial charge in [-0.25, -0.2) is 4.98 Å². The summed E-state index contributed by atoms with van der Waals surface area (Å²) in [5.74, 6) is 0.480. The minimum absolute atomic E-state index is 0.112. The Morgan fingerprint density at radius 2 is 2.35 bits per heavy atom. The maximum absolute atomic E-state index is 11.8. The highest BCUT2D eigenvalue weighted by molar-refractivity contribution is 5.98. The SMILES string of the molecule is CCOCCCNC(=O)c1cccnc1NC. The third kappa shape index (κ3) is 4.40. The summed E-state index contributed by atoms with van der Waals surface area (Å²) in [6, 6.07) is 3.49. The molecule has 5 nitrogen and oxygen atoms in total. The number of rotatable bonds is 7. The molecule has 0 saturated heterocycles. The second kappa shape index (κ2) is 7.62. The Morgan fingerprint density at radius 3 is 3.06 bits per heavy atom. The predicted octanol–water partition coefficient (Wildman–Crippen LogP) is 1.28. The molecule has 0 unspecified atom stereocenters. The van der Waals surface area contributed by atoms with Gasteiger partial charge in [-0.3, -0.25) is 4.79 Å². The van der Waals surface area contributed by atoms with Crippen LogP contribution in [0.25, 0.3) is 0 Å². The van der Waals surface area contributed by atoms with Gasteiger partial charge < -0.3 is 15.4 Å². The van der Waals surface area contributed by atoms with E-state index in [0.717, 1.165) is 6.42 Å². The molecule has 0 aliphatic rings. The minimum Gasteiger partial charge on any atom is -0.382 e. The van der Waals surface area contributed by atoms with Crippen LogP contribution in [0.2, 0.25) is 0 Å². The van der Waals surface area contributed by atoms with E-state index in [1.165, 1.54) is 0 Å². The molecule has 0 atom stereocenters. The van der Waals surface area contributed by atoms with Gasteiger partial charge in [-0.2, -0.15) is 0 Å². The number of carbonyl (C=O) groups excluding carboxylic acids is 1. The molecule has 5 heteroatoms. The van der Waals surface area contributed by atoms with E-state index in [1.54, 1.807) is 25.4 Å². The molecule has 1 rings (SSSR count). The Morgan fingerprint density at radius 1 is 1.53 bits per heavy atom. The number of carbonyl (C=O) groups is 1. The number of pyridine rings is 1. The number of nitrogens with zero attached hydrogens (tertiary/aromatic N) is 1. The molecule has 0 aromatic carbocycles. The zero-order chi connectivity index (χ0) is 12.5. The van der Waals surface area contributed by atoms with E-state index >= 15 is 0 Å². The molecule has 0 bridgehead atoms. The van der Waals surface area contributed by atoms with Crippen LogP contribution in [0.3, 0.4) is 0 Å². The second-order valence-corrected chi connectivity index (χ2v) is 3.46.